The van der Waals surface area contributed by atoms with E-state index in [0.717, 1.165) is 27.9 Å². The van der Waals surface area contributed by atoms with E-state index in [1.165, 1.54) is 0 Å². The molecule has 0 saturated carbocycles. The summed E-state index contributed by atoms with van der Waals surface area (Å²) in [4.78, 5) is 17.5. The first-order chi connectivity index (χ1) is 12.9. The summed E-state index contributed by atoms with van der Waals surface area (Å²) >= 11 is 0. The molecule has 0 aliphatic heterocycles. The summed E-state index contributed by atoms with van der Waals surface area (Å²) in [5.41, 5.74) is 4.69. The monoisotopic (exact) mass is 360 g/mol. The number of nitrogens with zero attached hydrogens (tertiary/aromatic N) is 3. The molecule has 3 heterocycles. The molecule has 0 unspecified atom stereocenters. The molecule has 136 valence electrons. The van der Waals surface area contributed by atoms with E-state index in [0.29, 0.717) is 11.3 Å². The molecule has 1 amide bonds. The van der Waals surface area contributed by atoms with Crippen molar-refractivity contribution in [3.63, 3.8) is 0 Å². The summed E-state index contributed by atoms with van der Waals surface area (Å²) in [7, 11) is 3.85. The Hall–Kier alpha value is -3.54. The molecule has 0 saturated heterocycles. The highest BCUT2D eigenvalue weighted by atomic mass is 16.3. The summed E-state index contributed by atoms with van der Waals surface area (Å²) in [5.74, 6) is 0.00731. The predicted molar refractivity (Wildman–Crippen MR) is 106 cm³/mol. The number of aryl methyl sites for hydroxylation is 2. The quantitative estimate of drug-likeness (QED) is 0.583. The maximum absolute atomic E-state index is 13.0. The number of phenolic OH excluding ortho intramolecular Hbond substituents is 1. The van der Waals surface area contributed by atoms with Crippen LogP contribution in [0, 0.1) is 6.92 Å². The lowest BCUT2D eigenvalue weighted by Crippen LogP contribution is -2.14. The number of fused-ring (bicyclic) bond motifs is 1. The number of anilines is 1. The van der Waals surface area contributed by atoms with Gasteiger partial charge < -0.3 is 19.6 Å². The van der Waals surface area contributed by atoms with Crippen molar-refractivity contribution in [1.82, 2.24) is 14.1 Å². The number of hydrogen-bond donors (Lipinski definition) is 2. The molecule has 0 atom stereocenters. The Morgan fingerprint density at radius 2 is 1.85 bits per heavy atom. The number of carbonyl (C=O) groups is 1. The Balaban J connectivity index is 1.71. The predicted octanol–water partition coefficient (Wildman–Crippen LogP) is 3.85. The number of phenols is 1. The van der Waals surface area contributed by atoms with E-state index in [-0.39, 0.29) is 11.7 Å². The van der Waals surface area contributed by atoms with Crippen molar-refractivity contribution in [3.05, 3.63) is 66.2 Å². The van der Waals surface area contributed by atoms with Gasteiger partial charge in [-0.05, 0) is 36.8 Å². The number of pyridine rings is 1. The summed E-state index contributed by atoms with van der Waals surface area (Å²) in [6, 6.07) is 10.7. The van der Waals surface area contributed by atoms with Gasteiger partial charge >= 0.3 is 0 Å². The Bertz CT molecular complexity index is 1150. The highest BCUT2D eigenvalue weighted by Gasteiger charge is 2.20. The van der Waals surface area contributed by atoms with Gasteiger partial charge in [0.25, 0.3) is 5.91 Å². The summed E-state index contributed by atoms with van der Waals surface area (Å²) in [6.45, 7) is 1.91. The van der Waals surface area contributed by atoms with Crippen LogP contribution in [0.5, 0.6) is 5.75 Å². The molecule has 0 fully saturated rings. The molecule has 4 rings (SSSR count). The third-order valence-electron chi connectivity index (χ3n) is 4.85. The van der Waals surface area contributed by atoms with Crippen LogP contribution in [0.1, 0.15) is 16.1 Å². The molecule has 0 aliphatic rings. The zero-order valence-corrected chi connectivity index (χ0v) is 15.4. The second-order valence-electron chi connectivity index (χ2n) is 6.68. The lowest BCUT2D eigenvalue weighted by Gasteiger charge is -2.08. The number of aromatic nitrogens is 3. The highest BCUT2D eigenvalue weighted by molar-refractivity contribution is 6.10. The minimum Gasteiger partial charge on any atom is -0.508 e. The van der Waals surface area contributed by atoms with Gasteiger partial charge in [0, 0.05) is 43.1 Å². The Labute approximate surface area is 156 Å². The number of benzene rings is 1. The number of amides is 1. The smallest absolute Gasteiger partial charge is 0.258 e. The molecule has 2 N–H and O–H groups in total. The third-order valence-corrected chi connectivity index (χ3v) is 4.85. The standard InChI is InChI=1S/C21H20N4O2/c1-13-19(18(12-25(13)3)14-4-6-17(26)7-5-14)21(27)23-16-10-15-8-9-24(2)20(15)22-11-16/h4-12,26H,1-3H3,(H,23,27). The Kier molecular flexibility index (Phi) is 3.96. The van der Waals surface area contributed by atoms with Crippen LogP contribution >= 0.6 is 0 Å². The second-order valence-corrected chi connectivity index (χ2v) is 6.68. The van der Waals surface area contributed by atoms with Crippen LogP contribution in [0.25, 0.3) is 22.2 Å². The first-order valence-corrected chi connectivity index (χ1v) is 8.62. The van der Waals surface area contributed by atoms with Crippen LogP contribution in [0.2, 0.25) is 0 Å². The normalized spacial score (nSPS) is 11.1. The topological polar surface area (TPSA) is 72.1 Å². The molecule has 6 nitrogen and oxygen atoms in total. The average molecular weight is 360 g/mol. The van der Waals surface area contributed by atoms with Crippen molar-refractivity contribution >= 4 is 22.6 Å². The van der Waals surface area contributed by atoms with Gasteiger partial charge in [0.2, 0.25) is 0 Å². The van der Waals surface area contributed by atoms with Crippen molar-refractivity contribution in [2.45, 2.75) is 6.92 Å². The number of rotatable bonds is 3. The van der Waals surface area contributed by atoms with Gasteiger partial charge in [-0.3, -0.25) is 4.79 Å². The molecule has 0 spiro atoms. The molecule has 0 radical (unpaired) electrons. The van der Waals surface area contributed by atoms with E-state index in [1.54, 1.807) is 30.5 Å². The van der Waals surface area contributed by atoms with Gasteiger partial charge in [-0.1, -0.05) is 12.1 Å². The SMILES string of the molecule is Cc1c(C(=O)Nc2cnc3c(ccn3C)c2)c(-c2ccc(O)cc2)cn1C. The number of carbonyl (C=O) groups excluding carboxylic acids is 1. The second kappa shape index (κ2) is 6.32. The van der Waals surface area contributed by atoms with Gasteiger partial charge in [0.05, 0.1) is 17.4 Å². The van der Waals surface area contributed by atoms with Crippen molar-refractivity contribution in [2.75, 3.05) is 5.32 Å². The van der Waals surface area contributed by atoms with Gasteiger partial charge in [-0.15, -0.1) is 0 Å². The molecular formula is C21H20N4O2. The molecule has 0 aliphatic carbocycles. The Morgan fingerprint density at radius 3 is 2.59 bits per heavy atom. The fourth-order valence-corrected chi connectivity index (χ4v) is 3.29. The summed E-state index contributed by atoms with van der Waals surface area (Å²) < 4.78 is 3.86. The number of nitrogens with one attached hydrogen (secondary N) is 1. The Morgan fingerprint density at radius 1 is 1.11 bits per heavy atom. The van der Waals surface area contributed by atoms with E-state index >= 15 is 0 Å². The zero-order valence-electron chi connectivity index (χ0n) is 15.4. The van der Waals surface area contributed by atoms with E-state index < -0.39 is 0 Å². The molecule has 6 heteroatoms. The van der Waals surface area contributed by atoms with Crippen LogP contribution in [-0.4, -0.2) is 25.1 Å². The first-order valence-electron chi connectivity index (χ1n) is 8.62. The highest BCUT2D eigenvalue weighted by Crippen LogP contribution is 2.30. The maximum atomic E-state index is 13.0. The molecule has 1 aromatic carbocycles. The van der Waals surface area contributed by atoms with Crippen molar-refractivity contribution in [2.24, 2.45) is 14.1 Å². The van der Waals surface area contributed by atoms with Crippen molar-refractivity contribution in [1.29, 1.82) is 0 Å². The zero-order chi connectivity index (χ0) is 19.1. The number of aromatic hydroxyl groups is 1. The van der Waals surface area contributed by atoms with Crippen molar-refractivity contribution < 1.29 is 9.90 Å². The van der Waals surface area contributed by atoms with Crippen LogP contribution in [-0.2, 0) is 14.1 Å². The van der Waals surface area contributed by atoms with E-state index in [9.17, 15) is 9.90 Å². The lowest BCUT2D eigenvalue weighted by atomic mass is 10.0. The first kappa shape index (κ1) is 16.9. The number of hydrogen-bond acceptors (Lipinski definition) is 3. The summed E-state index contributed by atoms with van der Waals surface area (Å²) in [6.07, 6.45) is 5.53. The molecule has 4 aromatic rings. The van der Waals surface area contributed by atoms with Gasteiger partial charge in [0.15, 0.2) is 0 Å². The van der Waals surface area contributed by atoms with Crippen LogP contribution in [0.15, 0.2) is 55.0 Å². The summed E-state index contributed by atoms with van der Waals surface area (Å²) in [5, 5.41) is 13.5. The van der Waals surface area contributed by atoms with E-state index in [4.69, 9.17) is 0 Å². The van der Waals surface area contributed by atoms with Gasteiger partial charge in [-0.25, -0.2) is 4.98 Å². The molecule has 27 heavy (non-hydrogen) atoms. The fourth-order valence-electron chi connectivity index (χ4n) is 3.29. The molecule has 3 aromatic heterocycles. The minimum absolute atomic E-state index is 0.187. The molecular weight excluding hydrogens is 340 g/mol. The largest absolute Gasteiger partial charge is 0.508 e. The third kappa shape index (κ3) is 2.95. The molecule has 0 bridgehead atoms. The van der Waals surface area contributed by atoms with Crippen LogP contribution in [0.3, 0.4) is 0 Å². The van der Waals surface area contributed by atoms with Crippen molar-refractivity contribution in [3.8, 4) is 16.9 Å². The van der Waals surface area contributed by atoms with Crippen LogP contribution < -0.4 is 5.32 Å². The van der Waals surface area contributed by atoms with E-state index in [1.807, 2.05) is 54.7 Å². The van der Waals surface area contributed by atoms with Gasteiger partial charge in [0.1, 0.15) is 11.4 Å². The van der Waals surface area contributed by atoms with E-state index in [2.05, 4.69) is 10.3 Å². The minimum atomic E-state index is -0.187. The average Bonchev–Trinajstić information content (AvgIpc) is 3.16. The maximum Gasteiger partial charge on any atom is 0.258 e. The lowest BCUT2D eigenvalue weighted by molar-refractivity contribution is 0.102. The fraction of sp³-hybridized carbons (Fsp3) is 0.143. The van der Waals surface area contributed by atoms with Gasteiger partial charge in [-0.2, -0.15) is 0 Å². The van der Waals surface area contributed by atoms with Crippen LogP contribution in [0.4, 0.5) is 5.69 Å².